The molecule has 2 aromatic rings. The fourth-order valence-electron chi connectivity index (χ4n) is 4.12. The highest BCUT2D eigenvalue weighted by Crippen LogP contribution is 2.41. The zero-order chi connectivity index (χ0) is 18.1. The van der Waals surface area contributed by atoms with E-state index in [1.807, 2.05) is 0 Å². The molecule has 2 amide bonds. The molecule has 3 heterocycles. The molecule has 2 saturated heterocycles. The molecule has 0 aliphatic carbocycles. The van der Waals surface area contributed by atoms with Crippen LogP contribution in [0.1, 0.15) is 35.4 Å². The molecule has 2 aliphatic rings. The van der Waals surface area contributed by atoms with Crippen molar-refractivity contribution in [2.75, 3.05) is 19.6 Å². The van der Waals surface area contributed by atoms with Gasteiger partial charge < -0.3 is 14.2 Å². The molecule has 136 valence electrons. The molecule has 0 radical (unpaired) electrons. The number of furan rings is 1. The number of piperidine rings is 1. The van der Waals surface area contributed by atoms with Crippen molar-refractivity contribution in [2.24, 2.45) is 5.41 Å². The van der Waals surface area contributed by atoms with Crippen LogP contribution in [-0.4, -0.2) is 41.2 Å². The van der Waals surface area contributed by atoms with E-state index >= 15 is 0 Å². The summed E-state index contributed by atoms with van der Waals surface area (Å²) in [4.78, 5) is 29.1. The molecular weight excluding hydrogens is 335 g/mol. The summed E-state index contributed by atoms with van der Waals surface area (Å²) >= 11 is 0. The van der Waals surface area contributed by atoms with E-state index in [1.165, 1.54) is 12.3 Å². The Morgan fingerprint density at radius 3 is 2.77 bits per heavy atom. The van der Waals surface area contributed by atoms with Gasteiger partial charge in [-0.3, -0.25) is 9.59 Å². The number of halogens is 1. The summed E-state index contributed by atoms with van der Waals surface area (Å²) in [6.45, 7) is 1.85. The van der Waals surface area contributed by atoms with Crippen LogP contribution in [0.4, 0.5) is 4.39 Å². The van der Waals surface area contributed by atoms with Crippen molar-refractivity contribution in [1.29, 1.82) is 0 Å². The fraction of sp³-hybridized carbons (Fsp3) is 0.400. The van der Waals surface area contributed by atoms with Crippen molar-refractivity contribution in [3.63, 3.8) is 0 Å². The molecule has 2 fully saturated rings. The Kier molecular flexibility index (Phi) is 4.26. The molecule has 1 aromatic heterocycles. The molecule has 1 atom stereocenters. The van der Waals surface area contributed by atoms with E-state index in [0.29, 0.717) is 37.4 Å². The van der Waals surface area contributed by atoms with E-state index in [2.05, 4.69) is 0 Å². The number of hydrogen-bond acceptors (Lipinski definition) is 3. The standard InChI is InChI=1S/C20H21FN2O3/c21-16-6-2-1-5-15(16)13-22-10-4-8-20(19(22)25)9-11-23(14-20)18(24)17-7-3-12-26-17/h1-3,5-7,12H,4,8-11,13-14H2. The number of rotatable bonds is 3. The van der Waals surface area contributed by atoms with E-state index < -0.39 is 5.41 Å². The highest BCUT2D eigenvalue weighted by Gasteiger charge is 2.49. The van der Waals surface area contributed by atoms with Gasteiger partial charge in [0.1, 0.15) is 5.82 Å². The third-order valence-corrected chi connectivity index (χ3v) is 5.52. The fourth-order valence-corrected chi connectivity index (χ4v) is 4.12. The van der Waals surface area contributed by atoms with Crippen LogP contribution < -0.4 is 0 Å². The van der Waals surface area contributed by atoms with Crippen molar-refractivity contribution in [3.8, 4) is 0 Å². The van der Waals surface area contributed by atoms with Gasteiger partial charge in [-0.1, -0.05) is 18.2 Å². The summed E-state index contributed by atoms with van der Waals surface area (Å²) < 4.78 is 19.2. The van der Waals surface area contributed by atoms with Crippen LogP contribution in [0, 0.1) is 11.2 Å². The Hall–Kier alpha value is -2.63. The third kappa shape index (κ3) is 2.89. The monoisotopic (exact) mass is 356 g/mol. The van der Waals surface area contributed by atoms with Gasteiger partial charge in [0.25, 0.3) is 5.91 Å². The van der Waals surface area contributed by atoms with Crippen molar-refractivity contribution in [2.45, 2.75) is 25.8 Å². The Labute approximate surface area is 151 Å². The van der Waals surface area contributed by atoms with E-state index in [4.69, 9.17) is 4.42 Å². The maximum Gasteiger partial charge on any atom is 0.289 e. The average molecular weight is 356 g/mol. The first-order chi connectivity index (χ1) is 12.6. The molecule has 5 nitrogen and oxygen atoms in total. The molecule has 0 saturated carbocycles. The average Bonchev–Trinajstić information content (AvgIpc) is 3.31. The number of nitrogens with zero attached hydrogens (tertiary/aromatic N) is 2. The van der Waals surface area contributed by atoms with Gasteiger partial charge in [0.05, 0.1) is 11.7 Å². The molecule has 0 bridgehead atoms. The normalized spacial score (nSPS) is 23.0. The van der Waals surface area contributed by atoms with Gasteiger partial charge in [-0.25, -0.2) is 4.39 Å². The highest BCUT2D eigenvalue weighted by atomic mass is 19.1. The first-order valence-electron chi connectivity index (χ1n) is 8.95. The number of amides is 2. The van der Waals surface area contributed by atoms with Gasteiger partial charge in [-0.2, -0.15) is 0 Å². The summed E-state index contributed by atoms with van der Waals surface area (Å²) in [5, 5.41) is 0. The van der Waals surface area contributed by atoms with Crippen LogP contribution in [0.5, 0.6) is 0 Å². The second-order valence-corrected chi connectivity index (χ2v) is 7.16. The lowest BCUT2D eigenvalue weighted by Gasteiger charge is -2.39. The van der Waals surface area contributed by atoms with Gasteiger partial charge in [-0.15, -0.1) is 0 Å². The van der Waals surface area contributed by atoms with Crippen LogP contribution in [0.3, 0.4) is 0 Å². The number of hydrogen-bond donors (Lipinski definition) is 0. The van der Waals surface area contributed by atoms with Crippen LogP contribution in [0.2, 0.25) is 0 Å². The number of likely N-dealkylation sites (tertiary alicyclic amines) is 2. The van der Waals surface area contributed by atoms with Crippen molar-refractivity contribution in [3.05, 3.63) is 59.8 Å². The third-order valence-electron chi connectivity index (χ3n) is 5.52. The smallest absolute Gasteiger partial charge is 0.289 e. The molecule has 1 aromatic carbocycles. The maximum atomic E-state index is 14.0. The predicted molar refractivity (Wildman–Crippen MR) is 92.7 cm³/mol. The van der Waals surface area contributed by atoms with Crippen LogP contribution in [0.15, 0.2) is 47.1 Å². The maximum absolute atomic E-state index is 14.0. The Bertz CT molecular complexity index is 820. The lowest BCUT2D eigenvalue weighted by atomic mass is 9.78. The van der Waals surface area contributed by atoms with E-state index in [0.717, 1.165) is 12.8 Å². The minimum Gasteiger partial charge on any atom is -0.459 e. The molecule has 2 aliphatic heterocycles. The highest BCUT2D eigenvalue weighted by molar-refractivity contribution is 5.93. The number of carbonyl (C=O) groups excluding carboxylic acids is 2. The zero-order valence-corrected chi connectivity index (χ0v) is 14.5. The van der Waals surface area contributed by atoms with E-state index in [1.54, 1.807) is 40.1 Å². The summed E-state index contributed by atoms with van der Waals surface area (Å²) in [7, 11) is 0. The zero-order valence-electron chi connectivity index (χ0n) is 14.5. The molecule has 4 rings (SSSR count). The lowest BCUT2D eigenvalue weighted by molar-refractivity contribution is -0.146. The van der Waals surface area contributed by atoms with Crippen molar-refractivity contribution in [1.82, 2.24) is 9.80 Å². The Morgan fingerprint density at radius 1 is 1.15 bits per heavy atom. The SMILES string of the molecule is O=C(c1ccco1)N1CCC2(CCCN(Cc3ccccc3F)C2=O)C1. The summed E-state index contributed by atoms with van der Waals surface area (Å²) in [6, 6.07) is 9.88. The van der Waals surface area contributed by atoms with Gasteiger partial charge in [0, 0.05) is 31.7 Å². The van der Waals surface area contributed by atoms with E-state index in [-0.39, 0.29) is 24.2 Å². The molecule has 26 heavy (non-hydrogen) atoms. The Balaban J connectivity index is 1.49. The summed E-state index contributed by atoms with van der Waals surface area (Å²) in [5.41, 5.74) is -0.0226. The molecule has 0 N–H and O–H groups in total. The van der Waals surface area contributed by atoms with Crippen molar-refractivity contribution < 1.29 is 18.4 Å². The van der Waals surface area contributed by atoms with Crippen molar-refractivity contribution >= 4 is 11.8 Å². The van der Waals surface area contributed by atoms with Gasteiger partial charge in [0.2, 0.25) is 5.91 Å². The second-order valence-electron chi connectivity index (χ2n) is 7.16. The first-order valence-corrected chi connectivity index (χ1v) is 8.95. The largest absolute Gasteiger partial charge is 0.459 e. The quantitative estimate of drug-likeness (QED) is 0.849. The van der Waals surface area contributed by atoms with E-state index in [9.17, 15) is 14.0 Å². The lowest BCUT2D eigenvalue weighted by Crippen LogP contribution is -2.50. The van der Waals surface area contributed by atoms with Crippen LogP contribution in [-0.2, 0) is 11.3 Å². The second kappa shape index (κ2) is 6.59. The van der Waals surface area contributed by atoms with Gasteiger partial charge in [-0.05, 0) is 37.5 Å². The van der Waals surface area contributed by atoms with Crippen LogP contribution in [0.25, 0.3) is 0 Å². The minimum atomic E-state index is -0.550. The summed E-state index contributed by atoms with van der Waals surface area (Å²) in [6.07, 6.45) is 3.75. The number of benzene rings is 1. The minimum absolute atomic E-state index is 0.0294. The van der Waals surface area contributed by atoms with Gasteiger partial charge >= 0.3 is 0 Å². The van der Waals surface area contributed by atoms with Crippen LogP contribution >= 0.6 is 0 Å². The topological polar surface area (TPSA) is 53.8 Å². The number of carbonyl (C=O) groups is 2. The molecule has 1 unspecified atom stereocenters. The predicted octanol–water partition coefficient (Wildman–Crippen LogP) is 3.07. The molecule has 1 spiro atoms. The molecular formula is C20H21FN2O3. The first kappa shape index (κ1) is 16.8. The summed E-state index contributed by atoms with van der Waals surface area (Å²) in [5.74, 6) is -0.137. The van der Waals surface area contributed by atoms with Gasteiger partial charge in [0.15, 0.2) is 5.76 Å². The molecule has 6 heteroatoms. The Morgan fingerprint density at radius 2 is 2.00 bits per heavy atom.